The zero-order valence-corrected chi connectivity index (χ0v) is 6.99. The van der Waals surface area contributed by atoms with E-state index in [1.165, 1.54) is 5.75 Å². The van der Waals surface area contributed by atoms with Crippen LogP contribution in [-0.4, -0.2) is 30.9 Å². The van der Waals surface area contributed by atoms with Crippen molar-refractivity contribution in [2.75, 3.05) is 24.7 Å². The number of thioether (sulfide) groups is 1. The van der Waals surface area contributed by atoms with E-state index in [9.17, 15) is 4.79 Å². The van der Waals surface area contributed by atoms with Crippen molar-refractivity contribution in [2.45, 2.75) is 6.42 Å². The van der Waals surface area contributed by atoms with Gasteiger partial charge in [0, 0.05) is 11.2 Å². The molecule has 0 aromatic carbocycles. The molecular formula is C7H10O3S. The first kappa shape index (κ1) is 7.28. The van der Waals surface area contributed by atoms with Crippen LogP contribution < -0.4 is 0 Å². The van der Waals surface area contributed by atoms with Gasteiger partial charge in [0.05, 0.1) is 0 Å². The highest BCUT2D eigenvalue weighted by Crippen LogP contribution is 2.38. The van der Waals surface area contributed by atoms with E-state index in [4.69, 9.17) is 9.47 Å². The summed E-state index contributed by atoms with van der Waals surface area (Å²) >= 11 is 1.91. The van der Waals surface area contributed by atoms with Crippen LogP contribution >= 0.6 is 11.8 Å². The van der Waals surface area contributed by atoms with Crippen molar-refractivity contribution >= 4 is 17.9 Å². The molecule has 0 aromatic rings. The Labute approximate surface area is 69.4 Å². The van der Waals surface area contributed by atoms with Gasteiger partial charge in [-0.2, -0.15) is 11.8 Å². The summed E-state index contributed by atoms with van der Waals surface area (Å²) in [5.41, 5.74) is 0.151. The summed E-state index contributed by atoms with van der Waals surface area (Å²) in [7, 11) is 0. The lowest BCUT2D eigenvalue weighted by Crippen LogP contribution is -2.39. The predicted octanol–water partition coefficient (Wildman–Crippen LogP) is 1.28. The van der Waals surface area contributed by atoms with Crippen molar-refractivity contribution in [1.29, 1.82) is 0 Å². The smallest absolute Gasteiger partial charge is 0.434 e. The van der Waals surface area contributed by atoms with Gasteiger partial charge in [0.2, 0.25) is 0 Å². The van der Waals surface area contributed by atoms with Crippen LogP contribution in [0.3, 0.4) is 0 Å². The maximum Gasteiger partial charge on any atom is 0.508 e. The fourth-order valence-corrected chi connectivity index (χ4v) is 2.85. The van der Waals surface area contributed by atoms with E-state index < -0.39 is 6.16 Å². The van der Waals surface area contributed by atoms with Crippen LogP contribution in [-0.2, 0) is 9.47 Å². The standard InChI is InChI=1S/C7H10O3S/c8-6-9-3-7(4-10-6)1-2-11-5-7/h1-5H2. The molecule has 0 aliphatic carbocycles. The number of hydrogen-bond donors (Lipinski definition) is 0. The average Bonchev–Trinajstić information content (AvgIpc) is 2.45. The van der Waals surface area contributed by atoms with Gasteiger partial charge < -0.3 is 9.47 Å². The van der Waals surface area contributed by atoms with Crippen molar-refractivity contribution < 1.29 is 14.3 Å². The summed E-state index contributed by atoms with van der Waals surface area (Å²) in [6.45, 7) is 1.11. The lowest BCUT2D eigenvalue weighted by Gasteiger charge is -2.30. The van der Waals surface area contributed by atoms with Gasteiger partial charge in [0.1, 0.15) is 13.2 Å². The van der Waals surface area contributed by atoms with Crippen LogP contribution in [0.25, 0.3) is 0 Å². The van der Waals surface area contributed by atoms with Crippen LogP contribution in [0.1, 0.15) is 6.42 Å². The highest BCUT2D eigenvalue weighted by molar-refractivity contribution is 7.99. The minimum absolute atomic E-state index is 0.151. The highest BCUT2D eigenvalue weighted by Gasteiger charge is 2.40. The lowest BCUT2D eigenvalue weighted by atomic mass is 9.89. The second-order valence-electron chi connectivity index (χ2n) is 3.13. The maximum atomic E-state index is 10.6. The monoisotopic (exact) mass is 174 g/mol. The summed E-state index contributed by atoms with van der Waals surface area (Å²) in [4.78, 5) is 10.6. The third kappa shape index (κ3) is 1.31. The molecule has 0 bridgehead atoms. The number of carbonyl (C=O) groups is 1. The summed E-state index contributed by atoms with van der Waals surface area (Å²) in [6.07, 6.45) is 0.609. The molecule has 0 amide bonds. The van der Waals surface area contributed by atoms with Gasteiger partial charge in [-0.1, -0.05) is 0 Å². The third-order valence-corrected chi connectivity index (χ3v) is 3.49. The van der Waals surface area contributed by atoms with Crippen molar-refractivity contribution in [3.8, 4) is 0 Å². The van der Waals surface area contributed by atoms with Crippen molar-refractivity contribution in [3.63, 3.8) is 0 Å². The van der Waals surface area contributed by atoms with Crippen molar-refractivity contribution in [2.24, 2.45) is 5.41 Å². The molecule has 0 radical (unpaired) electrons. The van der Waals surface area contributed by atoms with Gasteiger partial charge in [-0.3, -0.25) is 0 Å². The van der Waals surface area contributed by atoms with E-state index in [0.29, 0.717) is 13.2 Å². The Morgan fingerprint density at radius 3 is 2.64 bits per heavy atom. The zero-order valence-electron chi connectivity index (χ0n) is 6.17. The van der Waals surface area contributed by atoms with E-state index in [1.807, 2.05) is 11.8 Å². The molecule has 2 aliphatic heterocycles. The fourth-order valence-electron chi connectivity index (χ4n) is 1.38. The van der Waals surface area contributed by atoms with Crippen LogP contribution in [0.4, 0.5) is 4.79 Å². The Morgan fingerprint density at radius 1 is 1.36 bits per heavy atom. The van der Waals surface area contributed by atoms with E-state index in [2.05, 4.69) is 0 Å². The van der Waals surface area contributed by atoms with Crippen molar-refractivity contribution in [1.82, 2.24) is 0 Å². The second kappa shape index (κ2) is 2.59. The number of rotatable bonds is 0. The third-order valence-electron chi connectivity index (χ3n) is 2.18. The molecule has 2 rings (SSSR count). The molecule has 0 aromatic heterocycles. The van der Waals surface area contributed by atoms with Gasteiger partial charge in [-0.05, 0) is 12.2 Å². The maximum absolute atomic E-state index is 10.6. The highest BCUT2D eigenvalue weighted by atomic mass is 32.2. The molecule has 4 heteroatoms. The molecule has 2 fully saturated rings. The van der Waals surface area contributed by atoms with Gasteiger partial charge in [-0.25, -0.2) is 4.79 Å². The predicted molar refractivity (Wildman–Crippen MR) is 41.7 cm³/mol. The number of hydrogen-bond acceptors (Lipinski definition) is 4. The summed E-state index contributed by atoms with van der Waals surface area (Å²) in [5, 5.41) is 0. The molecule has 0 N–H and O–H groups in total. The molecule has 0 saturated carbocycles. The summed E-state index contributed by atoms with van der Waals surface area (Å²) < 4.78 is 9.68. The Bertz CT molecular complexity index is 163. The summed E-state index contributed by atoms with van der Waals surface area (Å²) in [5.74, 6) is 2.24. The van der Waals surface area contributed by atoms with Gasteiger partial charge >= 0.3 is 6.16 Å². The minimum atomic E-state index is -0.507. The van der Waals surface area contributed by atoms with Gasteiger partial charge in [0.25, 0.3) is 0 Å². The van der Waals surface area contributed by atoms with Gasteiger partial charge in [-0.15, -0.1) is 0 Å². The van der Waals surface area contributed by atoms with E-state index in [0.717, 1.165) is 12.2 Å². The molecule has 2 aliphatic rings. The molecule has 0 atom stereocenters. The Kier molecular flexibility index (Phi) is 1.71. The Morgan fingerprint density at radius 2 is 2.09 bits per heavy atom. The van der Waals surface area contributed by atoms with E-state index >= 15 is 0 Å². The van der Waals surface area contributed by atoms with E-state index in [1.54, 1.807) is 0 Å². The quantitative estimate of drug-likeness (QED) is 0.518. The first-order chi connectivity index (χ1) is 5.31. The summed E-state index contributed by atoms with van der Waals surface area (Å²) in [6, 6.07) is 0. The molecule has 11 heavy (non-hydrogen) atoms. The van der Waals surface area contributed by atoms with Crippen molar-refractivity contribution in [3.05, 3.63) is 0 Å². The number of cyclic esters (lactones) is 2. The van der Waals surface area contributed by atoms with Gasteiger partial charge in [0.15, 0.2) is 0 Å². The van der Waals surface area contributed by atoms with E-state index in [-0.39, 0.29) is 5.41 Å². The Balaban J connectivity index is 1.99. The number of ether oxygens (including phenoxy) is 2. The minimum Gasteiger partial charge on any atom is -0.434 e. The normalized spacial score (nSPS) is 28.2. The molecule has 0 unspecified atom stereocenters. The molecule has 1 spiro atoms. The van der Waals surface area contributed by atoms with Crippen LogP contribution in [0.15, 0.2) is 0 Å². The lowest BCUT2D eigenvalue weighted by molar-refractivity contribution is -0.0486. The SMILES string of the molecule is O=C1OCC2(CCSC2)CO1. The molecular weight excluding hydrogens is 164 g/mol. The average molecular weight is 174 g/mol. The first-order valence-electron chi connectivity index (χ1n) is 3.68. The molecule has 2 saturated heterocycles. The fraction of sp³-hybridized carbons (Fsp3) is 0.857. The Hall–Kier alpha value is -0.380. The van der Waals surface area contributed by atoms with Crippen LogP contribution in [0, 0.1) is 5.41 Å². The first-order valence-corrected chi connectivity index (χ1v) is 4.84. The molecule has 62 valence electrons. The topological polar surface area (TPSA) is 35.5 Å². The van der Waals surface area contributed by atoms with Crippen LogP contribution in [0.5, 0.6) is 0 Å². The molecule has 2 heterocycles. The largest absolute Gasteiger partial charge is 0.508 e. The van der Waals surface area contributed by atoms with Crippen LogP contribution in [0.2, 0.25) is 0 Å². The molecule has 3 nitrogen and oxygen atoms in total. The zero-order chi connectivity index (χ0) is 7.73. The second-order valence-corrected chi connectivity index (χ2v) is 4.24. The number of carbonyl (C=O) groups excluding carboxylic acids is 1.